The van der Waals surface area contributed by atoms with E-state index in [0.29, 0.717) is 0 Å². The third kappa shape index (κ3) is 2.40. The molecular formula is C15H16BrNS. The third-order valence-corrected chi connectivity index (χ3v) is 5.52. The highest BCUT2D eigenvalue weighted by atomic mass is 79.9. The molecule has 1 heterocycles. The number of thiophene rings is 1. The van der Waals surface area contributed by atoms with Crippen LogP contribution in [0, 0.1) is 0 Å². The summed E-state index contributed by atoms with van der Waals surface area (Å²) in [6.07, 6.45) is 4.05. The fraction of sp³-hybridized carbons (Fsp3) is 0.333. The van der Waals surface area contributed by atoms with E-state index in [0.717, 1.165) is 10.4 Å². The van der Waals surface area contributed by atoms with Crippen molar-refractivity contribution in [3.8, 4) is 0 Å². The van der Waals surface area contributed by atoms with Crippen molar-refractivity contribution in [3.63, 3.8) is 0 Å². The van der Waals surface area contributed by atoms with Gasteiger partial charge in [-0.1, -0.05) is 30.7 Å². The first-order chi connectivity index (χ1) is 8.74. The van der Waals surface area contributed by atoms with Gasteiger partial charge in [-0.05, 0) is 51.9 Å². The Bertz CT molecular complexity index is 545. The zero-order chi connectivity index (χ0) is 12.5. The van der Waals surface area contributed by atoms with Crippen LogP contribution in [0.2, 0.25) is 0 Å². The largest absolute Gasteiger partial charge is 0.320 e. The standard InChI is InChI=1S/C15H16BrNS/c16-13-8-14(18-9-13)15(17)12-6-2-5-11(7-12)10-3-1-4-10/h2,5-10,15H,1,3-4,17H2. The highest BCUT2D eigenvalue weighted by Gasteiger charge is 2.20. The lowest BCUT2D eigenvalue weighted by Gasteiger charge is -2.26. The molecule has 0 aliphatic heterocycles. The number of halogens is 1. The van der Waals surface area contributed by atoms with E-state index in [1.807, 2.05) is 0 Å². The van der Waals surface area contributed by atoms with Crippen molar-refractivity contribution < 1.29 is 0 Å². The number of rotatable bonds is 3. The normalized spacial score (nSPS) is 17.4. The van der Waals surface area contributed by atoms with Crippen molar-refractivity contribution in [2.75, 3.05) is 0 Å². The van der Waals surface area contributed by atoms with Crippen LogP contribution in [0.15, 0.2) is 40.2 Å². The van der Waals surface area contributed by atoms with Gasteiger partial charge < -0.3 is 5.73 Å². The van der Waals surface area contributed by atoms with Crippen LogP contribution in [0.25, 0.3) is 0 Å². The van der Waals surface area contributed by atoms with Crippen molar-refractivity contribution in [1.29, 1.82) is 0 Å². The maximum Gasteiger partial charge on any atom is 0.0646 e. The number of hydrogen-bond donors (Lipinski definition) is 1. The van der Waals surface area contributed by atoms with Gasteiger partial charge >= 0.3 is 0 Å². The Morgan fingerprint density at radius 1 is 1.28 bits per heavy atom. The molecule has 0 spiro atoms. The van der Waals surface area contributed by atoms with Crippen LogP contribution in [-0.4, -0.2) is 0 Å². The van der Waals surface area contributed by atoms with Crippen LogP contribution < -0.4 is 5.73 Å². The molecule has 1 saturated carbocycles. The van der Waals surface area contributed by atoms with Gasteiger partial charge in [0.25, 0.3) is 0 Å². The third-order valence-electron chi connectivity index (χ3n) is 3.74. The molecule has 1 aliphatic carbocycles. The van der Waals surface area contributed by atoms with E-state index < -0.39 is 0 Å². The Morgan fingerprint density at radius 2 is 2.11 bits per heavy atom. The highest BCUT2D eigenvalue weighted by Crippen LogP contribution is 2.37. The van der Waals surface area contributed by atoms with Gasteiger partial charge in [0.15, 0.2) is 0 Å². The molecule has 18 heavy (non-hydrogen) atoms. The SMILES string of the molecule is NC(c1cccc(C2CCC2)c1)c1cc(Br)cs1. The van der Waals surface area contributed by atoms with E-state index in [1.165, 1.54) is 35.3 Å². The van der Waals surface area contributed by atoms with Crippen LogP contribution in [0.5, 0.6) is 0 Å². The van der Waals surface area contributed by atoms with Gasteiger partial charge in [0.05, 0.1) is 6.04 Å². The quantitative estimate of drug-likeness (QED) is 0.861. The minimum atomic E-state index is 0.00123. The molecule has 1 aliphatic rings. The van der Waals surface area contributed by atoms with E-state index in [2.05, 4.69) is 51.6 Å². The number of benzene rings is 1. The molecule has 0 saturated heterocycles. The lowest BCUT2D eigenvalue weighted by atomic mass is 9.79. The highest BCUT2D eigenvalue weighted by molar-refractivity contribution is 9.10. The molecule has 1 atom stereocenters. The van der Waals surface area contributed by atoms with Crippen LogP contribution in [0.3, 0.4) is 0 Å². The van der Waals surface area contributed by atoms with E-state index in [-0.39, 0.29) is 6.04 Å². The molecule has 94 valence electrons. The summed E-state index contributed by atoms with van der Waals surface area (Å²) in [5, 5.41) is 2.09. The molecule has 1 aromatic carbocycles. The lowest BCUT2D eigenvalue weighted by Crippen LogP contribution is -2.13. The number of nitrogens with two attached hydrogens (primary N) is 1. The molecule has 2 N–H and O–H groups in total. The van der Waals surface area contributed by atoms with Gasteiger partial charge in [0.1, 0.15) is 0 Å². The average Bonchev–Trinajstić information content (AvgIpc) is 2.73. The molecule has 1 aromatic heterocycles. The molecule has 0 amide bonds. The Kier molecular flexibility index (Phi) is 3.55. The molecule has 1 nitrogen and oxygen atoms in total. The second-order valence-electron chi connectivity index (χ2n) is 4.94. The minimum Gasteiger partial charge on any atom is -0.320 e. The maximum atomic E-state index is 6.35. The zero-order valence-electron chi connectivity index (χ0n) is 10.1. The van der Waals surface area contributed by atoms with Crippen molar-refractivity contribution in [2.45, 2.75) is 31.2 Å². The Hall–Kier alpha value is -0.640. The lowest BCUT2D eigenvalue weighted by molar-refractivity contribution is 0.419. The van der Waals surface area contributed by atoms with Crippen molar-refractivity contribution in [3.05, 3.63) is 56.2 Å². The van der Waals surface area contributed by atoms with Gasteiger partial charge in [-0.15, -0.1) is 11.3 Å². The molecule has 0 radical (unpaired) electrons. The first-order valence-corrected chi connectivity index (χ1v) is 8.00. The molecular weight excluding hydrogens is 306 g/mol. The van der Waals surface area contributed by atoms with Gasteiger partial charge in [0, 0.05) is 14.7 Å². The smallest absolute Gasteiger partial charge is 0.0646 e. The van der Waals surface area contributed by atoms with Crippen LogP contribution >= 0.6 is 27.3 Å². The average molecular weight is 322 g/mol. The van der Waals surface area contributed by atoms with Gasteiger partial charge in [-0.25, -0.2) is 0 Å². The fourth-order valence-electron chi connectivity index (χ4n) is 2.40. The molecule has 1 unspecified atom stereocenters. The summed E-state index contributed by atoms with van der Waals surface area (Å²) in [4.78, 5) is 1.22. The summed E-state index contributed by atoms with van der Waals surface area (Å²) in [5.74, 6) is 0.771. The van der Waals surface area contributed by atoms with E-state index >= 15 is 0 Å². The summed E-state index contributed by atoms with van der Waals surface area (Å²) in [6.45, 7) is 0. The van der Waals surface area contributed by atoms with E-state index in [4.69, 9.17) is 5.73 Å². The second-order valence-corrected chi connectivity index (χ2v) is 6.80. The molecule has 1 fully saturated rings. The zero-order valence-corrected chi connectivity index (χ0v) is 12.5. The first kappa shape index (κ1) is 12.4. The van der Waals surface area contributed by atoms with Crippen molar-refractivity contribution in [2.24, 2.45) is 5.73 Å². The predicted octanol–water partition coefficient (Wildman–Crippen LogP) is 4.83. The summed E-state index contributed by atoms with van der Waals surface area (Å²) < 4.78 is 1.12. The second kappa shape index (κ2) is 5.16. The van der Waals surface area contributed by atoms with Gasteiger partial charge in [-0.3, -0.25) is 0 Å². The molecule has 3 heteroatoms. The molecule has 3 rings (SSSR count). The van der Waals surface area contributed by atoms with E-state index in [1.54, 1.807) is 11.3 Å². The predicted molar refractivity (Wildman–Crippen MR) is 81.1 cm³/mol. The molecule has 2 aromatic rings. The van der Waals surface area contributed by atoms with Crippen molar-refractivity contribution in [1.82, 2.24) is 0 Å². The topological polar surface area (TPSA) is 26.0 Å². The summed E-state index contributed by atoms with van der Waals surface area (Å²) in [6, 6.07) is 10.9. The van der Waals surface area contributed by atoms with Crippen LogP contribution in [0.1, 0.15) is 47.2 Å². The summed E-state index contributed by atoms with van der Waals surface area (Å²) in [7, 11) is 0. The first-order valence-electron chi connectivity index (χ1n) is 6.33. The summed E-state index contributed by atoms with van der Waals surface area (Å²) >= 11 is 5.20. The fourth-order valence-corrected chi connectivity index (χ4v) is 3.88. The van der Waals surface area contributed by atoms with Crippen LogP contribution in [0.4, 0.5) is 0 Å². The minimum absolute atomic E-state index is 0.00123. The van der Waals surface area contributed by atoms with Gasteiger partial charge in [0.2, 0.25) is 0 Å². The Morgan fingerprint density at radius 3 is 2.72 bits per heavy atom. The Balaban J connectivity index is 1.86. The maximum absolute atomic E-state index is 6.35. The van der Waals surface area contributed by atoms with Gasteiger partial charge in [-0.2, -0.15) is 0 Å². The number of hydrogen-bond acceptors (Lipinski definition) is 2. The summed E-state index contributed by atoms with van der Waals surface area (Å²) in [5.41, 5.74) is 9.04. The van der Waals surface area contributed by atoms with E-state index in [9.17, 15) is 0 Å². The monoisotopic (exact) mass is 321 g/mol. The van der Waals surface area contributed by atoms with Crippen LogP contribution in [-0.2, 0) is 0 Å². The van der Waals surface area contributed by atoms with Crippen molar-refractivity contribution >= 4 is 27.3 Å². The Labute approximate surface area is 120 Å². The molecule has 0 bridgehead atoms.